The molecule has 0 saturated heterocycles. The summed E-state index contributed by atoms with van der Waals surface area (Å²) in [5.41, 5.74) is -0.168. The van der Waals surface area contributed by atoms with Crippen molar-refractivity contribution in [1.29, 1.82) is 0 Å². The molecule has 150 valence electrons. The molecular formula is C17H11F3N4O3S2. The Hall–Kier alpha value is -2.99. The van der Waals surface area contributed by atoms with Gasteiger partial charge in [-0.1, -0.05) is 11.2 Å². The van der Waals surface area contributed by atoms with E-state index in [0.29, 0.717) is 32.3 Å². The molecule has 0 saturated carbocycles. The van der Waals surface area contributed by atoms with Crippen molar-refractivity contribution in [2.75, 3.05) is 0 Å². The van der Waals surface area contributed by atoms with Crippen molar-refractivity contribution in [3.05, 3.63) is 59.3 Å². The summed E-state index contributed by atoms with van der Waals surface area (Å²) in [7, 11) is -4.37. The summed E-state index contributed by atoms with van der Waals surface area (Å²) >= 11 is 1.22. The van der Waals surface area contributed by atoms with E-state index in [0.717, 1.165) is 18.2 Å². The molecule has 0 aliphatic heterocycles. The van der Waals surface area contributed by atoms with Crippen molar-refractivity contribution in [3.8, 4) is 22.1 Å². The fourth-order valence-corrected chi connectivity index (χ4v) is 4.66. The highest BCUT2D eigenvalue weighted by atomic mass is 32.2. The SMILES string of the molecule is Cc1cc(-c2nc(-c3ccnn3S(=O)(=O)c3cccc(C(F)(F)F)c3)cs2)no1. The van der Waals surface area contributed by atoms with Crippen LogP contribution < -0.4 is 0 Å². The second-order valence-corrected chi connectivity index (χ2v) is 8.58. The van der Waals surface area contributed by atoms with Gasteiger partial charge >= 0.3 is 6.18 Å². The van der Waals surface area contributed by atoms with Crippen LogP contribution in [-0.2, 0) is 16.2 Å². The quantitative estimate of drug-likeness (QED) is 0.472. The molecule has 0 atom stereocenters. The normalized spacial score (nSPS) is 12.4. The van der Waals surface area contributed by atoms with E-state index in [1.807, 2.05) is 0 Å². The first kappa shape index (κ1) is 19.3. The van der Waals surface area contributed by atoms with Gasteiger partial charge in [-0.3, -0.25) is 0 Å². The van der Waals surface area contributed by atoms with Gasteiger partial charge in [0.2, 0.25) is 0 Å². The summed E-state index contributed by atoms with van der Waals surface area (Å²) < 4.78 is 70.4. The van der Waals surface area contributed by atoms with Gasteiger partial charge in [0.25, 0.3) is 10.0 Å². The van der Waals surface area contributed by atoms with Crippen LogP contribution in [0.3, 0.4) is 0 Å². The lowest BCUT2D eigenvalue weighted by molar-refractivity contribution is -0.137. The number of nitrogens with zero attached hydrogens (tertiary/aromatic N) is 4. The maximum absolute atomic E-state index is 13.0. The van der Waals surface area contributed by atoms with Gasteiger partial charge in [-0.2, -0.15) is 30.8 Å². The van der Waals surface area contributed by atoms with Crippen LogP contribution in [0.1, 0.15) is 11.3 Å². The molecular weight excluding hydrogens is 429 g/mol. The van der Waals surface area contributed by atoms with Crippen LogP contribution in [-0.4, -0.2) is 27.7 Å². The first-order valence-corrected chi connectivity index (χ1v) is 10.3. The van der Waals surface area contributed by atoms with E-state index in [1.165, 1.54) is 23.6 Å². The number of alkyl halides is 3. The number of hydrogen-bond acceptors (Lipinski definition) is 7. The lowest BCUT2D eigenvalue weighted by Crippen LogP contribution is -2.17. The van der Waals surface area contributed by atoms with Gasteiger partial charge in [-0.05, 0) is 31.2 Å². The molecule has 1 aromatic carbocycles. The minimum atomic E-state index is -4.67. The highest BCUT2D eigenvalue weighted by Crippen LogP contribution is 2.33. The molecule has 0 aliphatic rings. The molecule has 29 heavy (non-hydrogen) atoms. The van der Waals surface area contributed by atoms with Crippen molar-refractivity contribution >= 4 is 21.4 Å². The third-order valence-corrected chi connectivity index (χ3v) is 6.37. The Morgan fingerprint density at radius 1 is 1.14 bits per heavy atom. The maximum Gasteiger partial charge on any atom is 0.416 e. The Labute approximate surface area is 166 Å². The van der Waals surface area contributed by atoms with Crippen molar-refractivity contribution in [3.63, 3.8) is 0 Å². The third-order valence-electron chi connectivity index (χ3n) is 3.91. The molecule has 3 heterocycles. The third kappa shape index (κ3) is 3.56. The Bertz CT molecular complexity index is 1290. The molecule has 4 aromatic rings. The first-order valence-electron chi connectivity index (χ1n) is 8.03. The number of rotatable bonds is 4. The fraction of sp³-hybridized carbons (Fsp3) is 0.118. The molecule has 0 spiro atoms. The van der Waals surface area contributed by atoms with E-state index in [-0.39, 0.29) is 5.69 Å². The maximum atomic E-state index is 13.0. The zero-order chi connectivity index (χ0) is 20.8. The summed E-state index contributed by atoms with van der Waals surface area (Å²) in [5.74, 6) is 0.592. The standard InChI is InChI=1S/C17H11F3N4O3S2/c1-10-7-13(23-27-10)16-22-14(9-28-16)15-5-6-21-24(15)29(25,26)12-4-2-3-11(8-12)17(18,19)20/h2-9H,1H3. The highest BCUT2D eigenvalue weighted by Gasteiger charge is 2.32. The molecule has 0 aliphatic carbocycles. The van der Waals surface area contributed by atoms with E-state index in [2.05, 4.69) is 15.2 Å². The predicted molar refractivity (Wildman–Crippen MR) is 97.6 cm³/mol. The smallest absolute Gasteiger partial charge is 0.361 e. The Kier molecular flexibility index (Phi) is 4.54. The van der Waals surface area contributed by atoms with E-state index in [9.17, 15) is 21.6 Å². The number of benzene rings is 1. The lowest BCUT2D eigenvalue weighted by atomic mass is 10.2. The van der Waals surface area contributed by atoms with Gasteiger partial charge < -0.3 is 4.52 Å². The van der Waals surface area contributed by atoms with E-state index in [4.69, 9.17) is 4.52 Å². The van der Waals surface area contributed by atoms with Gasteiger partial charge in [0.05, 0.1) is 16.7 Å². The average Bonchev–Trinajstić information content (AvgIpc) is 3.40. The number of hydrogen-bond donors (Lipinski definition) is 0. The minimum Gasteiger partial charge on any atom is -0.361 e. The van der Waals surface area contributed by atoms with Crippen LogP contribution in [0.2, 0.25) is 0 Å². The van der Waals surface area contributed by atoms with Gasteiger partial charge in [0.15, 0.2) is 0 Å². The topological polar surface area (TPSA) is 90.9 Å². The number of aryl methyl sites for hydroxylation is 1. The average molecular weight is 440 g/mol. The zero-order valence-corrected chi connectivity index (χ0v) is 16.2. The Morgan fingerprint density at radius 3 is 2.62 bits per heavy atom. The highest BCUT2D eigenvalue weighted by molar-refractivity contribution is 7.90. The Balaban J connectivity index is 1.76. The fourth-order valence-electron chi connectivity index (χ4n) is 2.57. The molecule has 12 heteroatoms. The lowest BCUT2D eigenvalue weighted by Gasteiger charge is -2.10. The van der Waals surface area contributed by atoms with Gasteiger partial charge in [-0.25, -0.2) is 4.98 Å². The minimum absolute atomic E-state index is 0.116. The van der Waals surface area contributed by atoms with Crippen LogP contribution in [0, 0.1) is 6.92 Å². The molecule has 0 fully saturated rings. The monoisotopic (exact) mass is 440 g/mol. The Morgan fingerprint density at radius 2 is 1.93 bits per heavy atom. The molecule has 4 rings (SSSR count). The largest absolute Gasteiger partial charge is 0.416 e. The second kappa shape index (κ2) is 6.81. The van der Waals surface area contributed by atoms with Crippen LogP contribution in [0.15, 0.2) is 57.4 Å². The summed E-state index contributed by atoms with van der Waals surface area (Å²) in [4.78, 5) is 3.82. The predicted octanol–water partition coefficient (Wildman–Crippen LogP) is 4.23. The van der Waals surface area contributed by atoms with Crippen molar-refractivity contribution in [1.82, 2.24) is 19.3 Å². The van der Waals surface area contributed by atoms with Gasteiger partial charge in [-0.15, -0.1) is 11.3 Å². The summed E-state index contributed by atoms with van der Waals surface area (Å²) in [6.07, 6.45) is -3.43. The summed E-state index contributed by atoms with van der Waals surface area (Å²) in [6.45, 7) is 1.72. The molecule has 0 N–H and O–H groups in total. The second-order valence-electron chi connectivity index (χ2n) is 5.95. The van der Waals surface area contributed by atoms with E-state index < -0.39 is 26.7 Å². The van der Waals surface area contributed by atoms with Crippen LogP contribution in [0.4, 0.5) is 13.2 Å². The number of aromatic nitrogens is 4. The molecule has 0 bridgehead atoms. The summed E-state index contributed by atoms with van der Waals surface area (Å²) in [5, 5.41) is 9.76. The van der Waals surface area contributed by atoms with Gasteiger partial charge in [0, 0.05) is 11.4 Å². The molecule has 3 aromatic heterocycles. The molecule has 0 unspecified atom stereocenters. The van der Waals surface area contributed by atoms with Crippen molar-refractivity contribution in [2.24, 2.45) is 0 Å². The van der Waals surface area contributed by atoms with Crippen LogP contribution in [0.5, 0.6) is 0 Å². The molecule has 0 radical (unpaired) electrons. The van der Waals surface area contributed by atoms with Gasteiger partial charge in [0.1, 0.15) is 27.8 Å². The molecule has 7 nitrogen and oxygen atoms in total. The van der Waals surface area contributed by atoms with Crippen LogP contribution in [0.25, 0.3) is 22.1 Å². The van der Waals surface area contributed by atoms with Crippen molar-refractivity contribution in [2.45, 2.75) is 18.0 Å². The number of thiazole rings is 1. The van der Waals surface area contributed by atoms with Crippen LogP contribution >= 0.6 is 11.3 Å². The summed E-state index contributed by atoms with van der Waals surface area (Å²) in [6, 6.07) is 6.59. The zero-order valence-electron chi connectivity index (χ0n) is 14.6. The van der Waals surface area contributed by atoms with Crippen molar-refractivity contribution < 1.29 is 26.1 Å². The van der Waals surface area contributed by atoms with E-state index >= 15 is 0 Å². The van der Waals surface area contributed by atoms with E-state index in [1.54, 1.807) is 18.4 Å². The number of halogens is 3. The molecule has 0 amide bonds. The first-order chi connectivity index (χ1) is 13.7.